The van der Waals surface area contributed by atoms with Crippen LogP contribution in [0.1, 0.15) is 0 Å². The number of anilines is 1. The fourth-order valence-corrected chi connectivity index (χ4v) is 0.534. The van der Waals surface area contributed by atoms with Crippen LogP contribution in [0.4, 0.5) is 5.69 Å². The van der Waals surface area contributed by atoms with Crippen LogP contribution in [0.25, 0.3) is 0 Å². The standard InChI is InChI=1S/C5H5BN2O/c6-8-4-1-2-7-5(9)3-4/h1-3H,(H2,7,8,9). The van der Waals surface area contributed by atoms with Crippen LogP contribution in [0, 0.1) is 0 Å². The Morgan fingerprint density at radius 3 is 2.89 bits per heavy atom. The summed E-state index contributed by atoms with van der Waals surface area (Å²) in [5, 5.41) is 2.35. The van der Waals surface area contributed by atoms with Crippen LogP contribution < -0.4 is 10.8 Å². The van der Waals surface area contributed by atoms with Crippen LogP contribution in [0.2, 0.25) is 0 Å². The molecule has 2 radical (unpaired) electrons. The van der Waals surface area contributed by atoms with Gasteiger partial charge < -0.3 is 10.2 Å². The zero-order valence-corrected chi connectivity index (χ0v) is 4.72. The lowest BCUT2D eigenvalue weighted by Gasteiger charge is -1.94. The number of aromatic nitrogens is 1. The lowest BCUT2D eigenvalue weighted by Crippen LogP contribution is -2.04. The second kappa shape index (κ2) is 2.39. The van der Waals surface area contributed by atoms with E-state index in [1.165, 1.54) is 12.3 Å². The van der Waals surface area contributed by atoms with Gasteiger partial charge >= 0.3 is 0 Å². The monoisotopic (exact) mass is 120 g/mol. The Labute approximate surface area is 53.5 Å². The topological polar surface area (TPSA) is 44.9 Å². The zero-order valence-electron chi connectivity index (χ0n) is 4.72. The minimum absolute atomic E-state index is 0.162. The molecule has 0 spiro atoms. The minimum atomic E-state index is -0.162. The first-order valence-electron chi connectivity index (χ1n) is 2.48. The van der Waals surface area contributed by atoms with Gasteiger partial charge in [0.1, 0.15) is 0 Å². The van der Waals surface area contributed by atoms with Crippen molar-refractivity contribution in [1.29, 1.82) is 0 Å². The maximum atomic E-state index is 10.5. The number of H-pyrrole nitrogens is 1. The van der Waals surface area contributed by atoms with Crippen molar-refractivity contribution < 1.29 is 0 Å². The summed E-state index contributed by atoms with van der Waals surface area (Å²) in [4.78, 5) is 13.0. The van der Waals surface area contributed by atoms with E-state index in [-0.39, 0.29) is 5.56 Å². The van der Waals surface area contributed by atoms with Crippen molar-refractivity contribution in [3.05, 3.63) is 28.7 Å². The van der Waals surface area contributed by atoms with Crippen molar-refractivity contribution >= 4 is 13.7 Å². The third-order valence-electron chi connectivity index (χ3n) is 0.942. The molecule has 0 saturated carbocycles. The Morgan fingerprint density at radius 2 is 2.44 bits per heavy atom. The normalized spacial score (nSPS) is 8.89. The van der Waals surface area contributed by atoms with E-state index in [1.54, 1.807) is 6.07 Å². The van der Waals surface area contributed by atoms with Crippen LogP contribution in [0.15, 0.2) is 23.1 Å². The van der Waals surface area contributed by atoms with Gasteiger partial charge in [0.25, 0.3) is 0 Å². The Morgan fingerprint density at radius 1 is 1.67 bits per heavy atom. The van der Waals surface area contributed by atoms with Crippen molar-refractivity contribution in [3.63, 3.8) is 0 Å². The number of nitrogens with one attached hydrogen (secondary N) is 2. The van der Waals surface area contributed by atoms with Gasteiger partial charge in [-0.15, -0.1) is 0 Å². The first kappa shape index (κ1) is 5.94. The van der Waals surface area contributed by atoms with Crippen molar-refractivity contribution in [2.75, 3.05) is 5.23 Å². The van der Waals surface area contributed by atoms with Crippen LogP contribution in [0.5, 0.6) is 0 Å². The van der Waals surface area contributed by atoms with Crippen LogP contribution >= 0.6 is 0 Å². The van der Waals surface area contributed by atoms with E-state index in [4.69, 9.17) is 7.98 Å². The Bertz CT molecular complexity index is 245. The van der Waals surface area contributed by atoms with E-state index in [9.17, 15) is 4.79 Å². The smallest absolute Gasteiger partial charge is 0.249 e. The van der Waals surface area contributed by atoms with Crippen LogP contribution in [0.3, 0.4) is 0 Å². The molecule has 1 heterocycles. The molecule has 1 aromatic rings. The van der Waals surface area contributed by atoms with Gasteiger partial charge in [-0.25, -0.2) is 0 Å². The third-order valence-corrected chi connectivity index (χ3v) is 0.942. The Kier molecular flexibility index (Phi) is 1.58. The molecule has 1 rings (SSSR count). The molecule has 0 atom stereocenters. The van der Waals surface area contributed by atoms with E-state index in [2.05, 4.69) is 10.2 Å². The van der Waals surface area contributed by atoms with Crippen molar-refractivity contribution in [2.24, 2.45) is 0 Å². The molecule has 0 amide bonds. The SMILES string of the molecule is [B]Nc1cc[nH]c(=O)c1. The molecule has 44 valence electrons. The maximum Gasteiger partial charge on any atom is 0.249 e. The predicted octanol–water partition coefficient (Wildman–Crippen LogP) is -0.130. The maximum absolute atomic E-state index is 10.5. The highest BCUT2D eigenvalue weighted by Gasteiger charge is 1.84. The summed E-state index contributed by atoms with van der Waals surface area (Å²) >= 11 is 0. The highest BCUT2D eigenvalue weighted by atomic mass is 16.1. The third kappa shape index (κ3) is 1.35. The number of hydrogen-bond acceptors (Lipinski definition) is 2. The summed E-state index contributed by atoms with van der Waals surface area (Å²) in [7, 11) is 5.02. The lowest BCUT2D eigenvalue weighted by atomic mass is 10.3. The average molecular weight is 120 g/mol. The summed E-state index contributed by atoms with van der Waals surface area (Å²) in [6.45, 7) is 0. The van der Waals surface area contributed by atoms with Gasteiger partial charge in [-0.3, -0.25) is 4.79 Å². The van der Waals surface area contributed by atoms with Crippen molar-refractivity contribution in [3.8, 4) is 0 Å². The van der Waals surface area contributed by atoms with Crippen LogP contribution in [-0.2, 0) is 0 Å². The lowest BCUT2D eigenvalue weighted by molar-refractivity contribution is 1.24. The van der Waals surface area contributed by atoms with Gasteiger partial charge in [0, 0.05) is 18.0 Å². The van der Waals surface area contributed by atoms with E-state index in [0.29, 0.717) is 5.69 Å². The first-order chi connectivity index (χ1) is 4.33. The van der Waals surface area contributed by atoms with E-state index < -0.39 is 0 Å². The van der Waals surface area contributed by atoms with Crippen molar-refractivity contribution in [1.82, 2.24) is 4.98 Å². The molecule has 2 N–H and O–H groups in total. The summed E-state index contributed by atoms with van der Waals surface area (Å²) < 4.78 is 0. The molecule has 0 unspecified atom stereocenters. The molecule has 4 heteroatoms. The first-order valence-corrected chi connectivity index (χ1v) is 2.48. The Balaban J connectivity index is 3.08. The fourth-order valence-electron chi connectivity index (χ4n) is 0.534. The molecule has 0 fully saturated rings. The van der Waals surface area contributed by atoms with Gasteiger partial charge in [-0.2, -0.15) is 0 Å². The van der Waals surface area contributed by atoms with Crippen molar-refractivity contribution in [2.45, 2.75) is 0 Å². The molecule has 1 aromatic heterocycles. The minimum Gasteiger partial charge on any atom is -0.437 e. The molecular formula is C5H5BN2O. The van der Waals surface area contributed by atoms with Crippen LogP contribution in [-0.4, -0.2) is 13.0 Å². The van der Waals surface area contributed by atoms with Gasteiger partial charge in [-0.1, -0.05) is 0 Å². The molecule has 0 aliphatic heterocycles. The largest absolute Gasteiger partial charge is 0.437 e. The second-order valence-corrected chi connectivity index (χ2v) is 1.59. The molecule has 0 bridgehead atoms. The fraction of sp³-hybridized carbons (Fsp3) is 0. The highest BCUT2D eigenvalue weighted by Crippen LogP contribution is 1.95. The quantitative estimate of drug-likeness (QED) is 0.507. The number of pyridine rings is 1. The molecule has 3 nitrogen and oxygen atoms in total. The molecular weight excluding hydrogens is 115 g/mol. The van der Waals surface area contributed by atoms with E-state index in [0.717, 1.165) is 0 Å². The average Bonchev–Trinajstić information content (AvgIpc) is 1.88. The molecule has 0 aliphatic carbocycles. The van der Waals surface area contributed by atoms with Gasteiger partial charge in [-0.05, 0) is 6.07 Å². The molecule has 0 saturated heterocycles. The summed E-state index contributed by atoms with van der Waals surface area (Å²) in [5.74, 6) is 0. The number of aromatic amines is 1. The summed E-state index contributed by atoms with van der Waals surface area (Å²) in [6.07, 6.45) is 1.53. The van der Waals surface area contributed by atoms with Gasteiger partial charge in [0.2, 0.25) is 13.5 Å². The Hall–Kier alpha value is -1.19. The number of hydrogen-bond donors (Lipinski definition) is 2. The summed E-state index contributed by atoms with van der Waals surface area (Å²) in [5.41, 5.74) is 0.448. The van der Waals surface area contributed by atoms with Gasteiger partial charge in [0.15, 0.2) is 0 Å². The molecule has 0 aliphatic rings. The van der Waals surface area contributed by atoms with E-state index >= 15 is 0 Å². The highest BCUT2D eigenvalue weighted by molar-refractivity contribution is 6.15. The summed E-state index contributed by atoms with van der Waals surface area (Å²) in [6, 6.07) is 3.04. The molecule has 0 aromatic carbocycles. The number of rotatable bonds is 1. The molecule has 9 heavy (non-hydrogen) atoms. The van der Waals surface area contributed by atoms with E-state index in [1.807, 2.05) is 0 Å². The van der Waals surface area contributed by atoms with Gasteiger partial charge in [0.05, 0.1) is 0 Å². The predicted molar refractivity (Wildman–Crippen MR) is 36.4 cm³/mol. The second-order valence-electron chi connectivity index (χ2n) is 1.59. The zero-order chi connectivity index (χ0) is 6.69.